The third-order valence-electron chi connectivity index (χ3n) is 4.75. The Morgan fingerprint density at radius 1 is 1.19 bits per heavy atom. The minimum atomic E-state index is -3.67. The Hall–Kier alpha value is -2.54. The second-order valence-corrected chi connectivity index (χ2v) is 8.52. The smallest absolute Gasteiger partial charge is 0.250 e. The van der Waals surface area contributed by atoms with Crippen molar-refractivity contribution in [2.45, 2.75) is 25.8 Å². The van der Waals surface area contributed by atoms with E-state index in [9.17, 15) is 13.2 Å². The Morgan fingerprint density at radius 3 is 2.63 bits per heavy atom. The largest absolute Gasteiger partial charge is 0.497 e. The molecule has 7 heteroatoms. The topological polar surface area (TPSA) is 66.9 Å². The number of fused-ring (bicyclic) bond motifs is 1. The summed E-state index contributed by atoms with van der Waals surface area (Å²) in [5.41, 5.74) is 2.37. The zero-order valence-corrected chi connectivity index (χ0v) is 16.6. The van der Waals surface area contributed by atoms with Crippen molar-refractivity contribution in [1.29, 1.82) is 0 Å². The number of anilines is 2. The van der Waals surface area contributed by atoms with E-state index in [0.29, 0.717) is 18.0 Å². The lowest BCUT2D eigenvalue weighted by atomic mass is 10.0. The summed E-state index contributed by atoms with van der Waals surface area (Å²) in [5, 5.41) is 0. The van der Waals surface area contributed by atoms with Gasteiger partial charge in [-0.2, -0.15) is 0 Å². The first kappa shape index (κ1) is 19.2. The van der Waals surface area contributed by atoms with Crippen LogP contribution in [0.25, 0.3) is 0 Å². The highest BCUT2D eigenvalue weighted by molar-refractivity contribution is 7.92. The van der Waals surface area contributed by atoms with Crippen molar-refractivity contribution in [1.82, 2.24) is 0 Å². The average molecular weight is 388 g/mol. The van der Waals surface area contributed by atoms with Crippen molar-refractivity contribution in [3.8, 4) is 5.75 Å². The Balaban J connectivity index is 1.98. The number of aryl methyl sites for hydroxylation is 1. The highest BCUT2D eigenvalue weighted by Crippen LogP contribution is 2.30. The quantitative estimate of drug-likeness (QED) is 0.790. The molecule has 1 aliphatic heterocycles. The number of benzene rings is 2. The first-order chi connectivity index (χ1) is 12.8. The first-order valence-corrected chi connectivity index (χ1v) is 10.7. The molecule has 144 valence electrons. The molecule has 0 aliphatic carbocycles. The number of carbonyl (C=O) groups excluding carboxylic acids is 1. The molecule has 0 N–H and O–H groups in total. The second-order valence-electron chi connectivity index (χ2n) is 6.66. The number of methoxy groups -OCH3 is 1. The van der Waals surface area contributed by atoms with Crippen molar-refractivity contribution >= 4 is 27.3 Å². The molecule has 2 aromatic rings. The molecule has 0 bridgehead atoms. The van der Waals surface area contributed by atoms with E-state index in [4.69, 9.17) is 4.74 Å². The fourth-order valence-electron chi connectivity index (χ4n) is 3.54. The van der Waals surface area contributed by atoms with Crippen LogP contribution in [0, 0.1) is 0 Å². The van der Waals surface area contributed by atoms with Crippen molar-refractivity contribution in [2.75, 3.05) is 29.1 Å². The molecule has 1 amide bonds. The molecule has 27 heavy (non-hydrogen) atoms. The first-order valence-electron chi connectivity index (χ1n) is 8.85. The monoisotopic (exact) mass is 388 g/mol. The molecule has 0 saturated heterocycles. The minimum absolute atomic E-state index is 0.240. The Bertz CT molecular complexity index is 943. The molecule has 0 saturated carbocycles. The van der Waals surface area contributed by atoms with Crippen LogP contribution in [-0.2, 0) is 21.2 Å². The van der Waals surface area contributed by atoms with Crippen LogP contribution in [0.5, 0.6) is 5.75 Å². The number of nitrogens with zero attached hydrogens (tertiary/aromatic N) is 2. The van der Waals surface area contributed by atoms with E-state index in [2.05, 4.69) is 0 Å². The van der Waals surface area contributed by atoms with Gasteiger partial charge in [0.1, 0.15) is 11.8 Å². The molecule has 0 aromatic heterocycles. The third-order valence-corrected chi connectivity index (χ3v) is 5.99. The van der Waals surface area contributed by atoms with Gasteiger partial charge in [0.2, 0.25) is 10.0 Å². The fourth-order valence-corrected chi connectivity index (χ4v) is 4.70. The predicted octanol–water partition coefficient (Wildman–Crippen LogP) is 2.83. The Kier molecular flexibility index (Phi) is 5.41. The van der Waals surface area contributed by atoms with Crippen LogP contribution in [0.4, 0.5) is 11.4 Å². The third kappa shape index (κ3) is 3.93. The van der Waals surface area contributed by atoms with Gasteiger partial charge in [0.05, 0.1) is 19.1 Å². The summed E-state index contributed by atoms with van der Waals surface area (Å²) in [5.74, 6) is 0.291. The second kappa shape index (κ2) is 7.60. The maximum absolute atomic E-state index is 13.3. The number of carbonyl (C=O) groups is 1. The minimum Gasteiger partial charge on any atom is -0.497 e. The summed E-state index contributed by atoms with van der Waals surface area (Å²) < 4.78 is 31.4. The van der Waals surface area contributed by atoms with Crippen molar-refractivity contribution in [2.24, 2.45) is 0 Å². The van der Waals surface area contributed by atoms with Crippen LogP contribution < -0.4 is 13.9 Å². The van der Waals surface area contributed by atoms with E-state index < -0.39 is 16.1 Å². The van der Waals surface area contributed by atoms with Crippen molar-refractivity contribution < 1.29 is 17.9 Å². The SMILES string of the molecule is COc1cccc(N([C@H](C)C(=O)N2CCCc3ccccc32)S(C)(=O)=O)c1. The maximum Gasteiger partial charge on any atom is 0.250 e. The summed E-state index contributed by atoms with van der Waals surface area (Å²) in [6.07, 6.45) is 2.88. The van der Waals surface area contributed by atoms with E-state index in [1.165, 1.54) is 7.11 Å². The van der Waals surface area contributed by atoms with Crippen LogP contribution in [-0.4, -0.2) is 40.3 Å². The molecule has 3 rings (SSSR count). The summed E-state index contributed by atoms with van der Waals surface area (Å²) in [4.78, 5) is 15.0. The molecular formula is C20H24N2O4S. The van der Waals surface area contributed by atoms with Crippen LogP contribution >= 0.6 is 0 Å². The van der Waals surface area contributed by atoms with Gasteiger partial charge in [-0.1, -0.05) is 24.3 Å². The molecule has 6 nitrogen and oxygen atoms in total. The predicted molar refractivity (Wildman–Crippen MR) is 107 cm³/mol. The number of rotatable bonds is 5. The summed E-state index contributed by atoms with van der Waals surface area (Å²) >= 11 is 0. The van der Waals surface area contributed by atoms with Gasteiger partial charge >= 0.3 is 0 Å². The normalized spacial score (nSPS) is 15.0. The van der Waals surface area contributed by atoms with Crippen LogP contribution in [0.3, 0.4) is 0 Å². The molecule has 0 spiro atoms. The van der Waals surface area contributed by atoms with Gasteiger partial charge < -0.3 is 9.64 Å². The number of ether oxygens (including phenoxy) is 1. The number of hydrogen-bond donors (Lipinski definition) is 0. The van der Waals surface area contributed by atoms with Crippen LogP contribution in [0.1, 0.15) is 18.9 Å². The highest BCUT2D eigenvalue weighted by Gasteiger charge is 2.34. The number of sulfonamides is 1. The molecule has 0 radical (unpaired) electrons. The zero-order valence-electron chi connectivity index (χ0n) is 15.8. The molecule has 1 atom stereocenters. The lowest BCUT2D eigenvalue weighted by Crippen LogP contribution is -2.50. The summed E-state index contributed by atoms with van der Waals surface area (Å²) in [6, 6.07) is 13.6. The summed E-state index contributed by atoms with van der Waals surface area (Å²) in [7, 11) is -2.16. The fraction of sp³-hybridized carbons (Fsp3) is 0.350. The van der Waals surface area contributed by atoms with E-state index in [1.807, 2.05) is 24.3 Å². The van der Waals surface area contributed by atoms with Gasteiger partial charge in [0, 0.05) is 18.3 Å². The van der Waals surface area contributed by atoms with Crippen molar-refractivity contribution in [3.05, 3.63) is 54.1 Å². The van der Waals surface area contributed by atoms with Crippen LogP contribution in [0.15, 0.2) is 48.5 Å². The molecule has 0 fully saturated rings. The van der Waals surface area contributed by atoms with E-state index in [-0.39, 0.29) is 5.91 Å². The number of amides is 1. The molecule has 0 unspecified atom stereocenters. The van der Waals surface area contributed by atoms with E-state index in [0.717, 1.165) is 34.7 Å². The molecule has 1 heterocycles. The Labute approximate surface area is 160 Å². The summed E-state index contributed by atoms with van der Waals surface area (Å²) in [6.45, 7) is 2.20. The molecular weight excluding hydrogens is 364 g/mol. The van der Waals surface area contributed by atoms with Gasteiger partial charge in [0.25, 0.3) is 5.91 Å². The molecule has 2 aromatic carbocycles. The standard InChI is InChI=1S/C20H24N2O4S/c1-15(20(23)21-13-7-9-16-8-4-5-12-19(16)21)22(27(3,24)25)17-10-6-11-18(14-17)26-2/h4-6,8,10-12,14-15H,7,9,13H2,1-3H3/t15-/m1/s1. The number of hydrogen-bond acceptors (Lipinski definition) is 4. The van der Waals surface area contributed by atoms with Gasteiger partial charge in [-0.05, 0) is 43.5 Å². The lowest BCUT2D eigenvalue weighted by molar-refractivity contribution is -0.119. The van der Waals surface area contributed by atoms with Gasteiger partial charge in [-0.3, -0.25) is 9.10 Å². The number of para-hydroxylation sites is 1. The Morgan fingerprint density at radius 2 is 1.93 bits per heavy atom. The average Bonchev–Trinajstić information content (AvgIpc) is 2.66. The van der Waals surface area contributed by atoms with Crippen LogP contribution in [0.2, 0.25) is 0 Å². The highest BCUT2D eigenvalue weighted by atomic mass is 32.2. The van der Waals surface area contributed by atoms with E-state index in [1.54, 1.807) is 36.1 Å². The van der Waals surface area contributed by atoms with Gasteiger partial charge in [-0.15, -0.1) is 0 Å². The van der Waals surface area contributed by atoms with Gasteiger partial charge in [-0.25, -0.2) is 8.42 Å². The molecule has 1 aliphatic rings. The van der Waals surface area contributed by atoms with Crippen molar-refractivity contribution in [3.63, 3.8) is 0 Å². The lowest BCUT2D eigenvalue weighted by Gasteiger charge is -2.35. The zero-order chi connectivity index (χ0) is 19.6. The van der Waals surface area contributed by atoms with Gasteiger partial charge in [0.15, 0.2) is 0 Å². The maximum atomic E-state index is 13.3. The van der Waals surface area contributed by atoms with E-state index >= 15 is 0 Å².